The smallest absolute Gasteiger partial charge is 0.0459 e. The fraction of sp³-hybridized carbons (Fsp3) is 0.750. The first-order valence-electron chi connectivity index (χ1n) is 7.48. The van der Waals surface area contributed by atoms with Crippen molar-refractivity contribution in [2.75, 3.05) is 6.61 Å². The number of aryl methyl sites for hydroxylation is 2. The largest absolute Gasteiger partial charge is 0.396 e. The maximum Gasteiger partial charge on any atom is 0.0459 e. The van der Waals surface area contributed by atoms with Crippen molar-refractivity contribution in [1.29, 1.82) is 0 Å². The van der Waals surface area contributed by atoms with Crippen LogP contribution in [0.15, 0.2) is 12.1 Å². The highest BCUT2D eigenvalue weighted by Gasteiger charge is 2.12. The van der Waals surface area contributed by atoms with E-state index < -0.39 is 0 Å². The van der Waals surface area contributed by atoms with Crippen LogP contribution in [0.4, 0.5) is 0 Å². The minimum Gasteiger partial charge on any atom is -0.396 e. The molecular formula is C16H28OS. The zero-order valence-corrected chi connectivity index (χ0v) is 12.8. The summed E-state index contributed by atoms with van der Waals surface area (Å²) in [7, 11) is 0. The number of thiophene rings is 1. The third kappa shape index (κ3) is 6.01. The summed E-state index contributed by atoms with van der Waals surface area (Å²) < 4.78 is 0. The van der Waals surface area contributed by atoms with Crippen LogP contribution in [-0.2, 0) is 12.8 Å². The molecule has 1 aromatic heterocycles. The maximum atomic E-state index is 8.57. The number of aliphatic hydroxyl groups excluding tert-OH is 1. The van der Waals surface area contributed by atoms with Crippen molar-refractivity contribution in [3.63, 3.8) is 0 Å². The molecule has 1 fully saturated rings. The molecule has 0 amide bonds. The molecule has 1 aromatic rings. The van der Waals surface area contributed by atoms with Gasteiger partial charge in [-0.25, -0.2) is 0 Å². The summed E-state index contributed by atoms with van der Waals surface area (Å²) in [5.41, 5.74) is 0. The van der Waals surface area contributed by atoms with Gasteiger partial charge in [0.05, 0.1) is 0 Å². The molecule has 0 unspecified atom stereocenters. The number of aliphatic hydroxyl groups is 1. The molecule has 2 rings (SSSR count). The Morgan fingerprint density at radius 2 is 1.83 bits per heavy atom. The molecule has 0 bridgehead atoms. The number of hydrogen-bond donors (Lipinski definition) is 1. The molecule has 1 aliphatic rings. The SMILES string of the molecule is CCCCc1ccc(CC)s1.OCC1CCCC1. The van der Waals surface area contributed by atoms with Crippen molar-refractivity contribution in [1.82, 2.24) is 0 Å². The Balaban J connectivity index is 0.000000199. The molecule has 0 saturated heterocycles. The molecule has 0 aliphatic heterocycles. The minimum atomic E-state index is 0.417. The second-order valence-corrected chi connectivity index (χ2v) is 6.41. The standard InChI is InChI=1S/C10H16S.C6H12O/c1-3-5-6-10-8-7-9(4-2)11-10;7-5-6-3-1-2-4-6/h7-8H,3-6H2,1-2H3;6-7H,1-5H2. The predicted octanol–water partition coefficient (Wildman–Crippen LogP) is 4.82. The van der Waals surface area contributed by atoms with Gasteiger partial charge < -0.3 is 5.11 Å². The van der Waals surface area contributed by atoms with Crippen molar-refractivity contribution in [2.45, 2.75) is 65.2 Å². The lowest BCUT2D eigenvalue weighted by Gasteiger charge is -1.98. The molecule has 0 atom stereocenters. The van der Waals surface area contributed by atoms with Crippen LogP contribution < -0.4 is 0 Å². The topological polar surface area (TPSA) is 20.2 Å². The van der Waals surface area contributed by atoms with Crippen molar-refractivity contribution in [3.05, 3.63) is 21.9 Å². The monoisotopic (exact) mass is 268 g/mol. The third-order valence-electron chi connectivity index (χ3n) is 3.58. The zero-order valence-electron chi connectivity index (χ0n) is 12.0. The van der Waals surface area contributed by atoms with Crippen molar-refractivity contribution in [2.24, 2.45) is 5.92 Å². The Bertz CT molecular complexity index is 300. The Kier molecular flexibility index (Phi) is 8.36. The highest BCUT2D eigenvalue weighted by Crippen LogP contribution is 2.23. The lowest BCUT2D eigenvalue weighted by Crippen LogP contribution is -1.97. The zero-order chi connectivity index (χ0) is 13.2. The van der Waals surface area contributed by atoms with E-state index in [2.05, 4.69) is 26.0 Å². The van der Waals surface area contributed by atoms with Crippen LogP contribution in [0.2, 0.25) is 0 Å². The summed E-state index contributed by atoms with van der Waals surface area (Å²) in [4.78, 5) is 3.08. The molecule has 0 radical (unpaired) electrons. The average Bonchev–Trinajstić information content (AvgIpc) is 3.07. The first kappa shape index (κ1) is 15.7. The highest BCUT2D eigenvalue weighted by atomic mass is 32.1. The van der Waals surface area contributed by atoms with Crippen LogP contribution in [0.5, 0.6) is 0 Å². The second kappa shape index (κ2) is 9.57. The summed E-state index contributed by atoms with van der Waals surface area (Å²) >= 11 is 1.97. The van der Waals surface area contributed by atoms with E-state index in [0.29, 0.717) is 12.5 Å². The van der Waals surface area contributed by atoms with Gasteiger partial charge >= 0.3 is 0 Å². The van der Waals surface area contributed by atoms with Gasteiger partial charge in [-0.1, -0.05) is 33.1 Å². The Morgan fingerprint density at radius 3 is 2.28 bits per heavy atom. The molecule has 1 heterocycles. The van der Waals surface area contributed by atoms with Gasteiger partial charge in [-0.05, 0) is 50.2 Å². The Labute approximate surface area is 116 Å². The molecule has 1 nitrogen and oxygen atoms in total. The average molecular weight is 268 g/mol. The predicted molar refractivity (Wildman–Crippen MR) is 81.4 cm³/mol. The van der Waals surface area contributed by atoms with E-state index in [1.54, 1.807) is 4.88 Å². The molecule has 1 saturated carbocycles. The normalized spacial score (nSPS) is 15.5. The maximum absolute atomic E-state index is 8.57. The number of unbranched alkanes of at least 4 members (excludes halogenated alkanes) is 1. The van der Waals surface area contributed by atoms with E-state index in [-0.39, 0.29) is 0 Å². The summed E-state index contributed by atoms with van der Waals surface area (Å²) in [6, 6.07) is 4.54. The van der Waals surface area contributed by atoms with Crippen molar-refractivity contribution < 1.29 is 5.11 Å². The molecule has 104 valence electrons. The van der Waals surface area contributed by atoms with Gasteiger partial charge in [0.25, 0.3) is 0 Å². The first-order chi connectivity index (χ1) is 8.80. The number of hydrogen-bond acceptors (Lipinski definition) is 2. The van der Waals surface area contributed by atoms with Gasteiger partial charge in [0.15, 0.2) is 0 Å². The van der Waals surface area contributed by atoms with E-state index in [4.69, 9.17) is 5.11 Å². The van der Waals surface area contributed by atoms with Crippen LogP contribution in [-0.4, -0.2) is 11.7 Å². The van der Waals surface area contributed by atoms with E-state index in [0.717, 1.165) is 0 Å². The summed E-state index contributed by atoms with van der Waals surface area (Å²) in [5, 5.41) is 8.57. The fourth-order valence-electron chi connectivity index (χ4n) is 2.29. The third-order valence-corrected chi connectivity index (χ3v) is 4.86. The molecule has 18 heavy (non-hydrogen) atoms. The van der Waals surface area contributed by atoms with E-state index >= 15 is 0 Å². The molecule has 0 spiro atoms. The van der Waals surface area contributed by atoms with E-state index in [1.807, 2.05) is 11.3 Å². The van der Waals surface area contributed by atoms with Crippen LogP contribution >= 0.6 is 11.3 Å². The van der Waals surface area contributed by atoms with Crippen molar-refractivity contribution in [3.8, 4) is 0 Å². The molecular weight excluding hydrogens is 240 g/mol. The lowest BCUT2D eigenvalue weighted by molar-refractivity contribution is 0.230. The van der Waals surface area contributed by atoms with Crippen LogP contribution in [0.25, 0.3) is 0 Å². The van der Waals surface area contributed by atoms with Gasteiger partial charge in [0.1, 0.15) is 0 Å². The summed E-state index contributed by atoms with van der Waals surface area (Å²) in [6.45, 7) is 4.88. The highest BCUT2D eigenvalue weighted by molar-refractivity contribution is 7.11. The van der Waals surface area contributed by atoms with Crippen LogP contribution in [0.3, 0.4) is 0 Å². The summed E-state index contributed by atoms with van der Waals surface area (Å²) in [6.07, 6.45) is 10.3. The number of rotatable bonds is 5. The van der Waals surface area contributed by atoms with Gasteiger partial charge in [-0.2, -0.15) is 0 Å². The minimum absolute atomic E-state index is 0.417. The molecule has 0 aromatic carbocycles. The van der Waals surface area contributed by atoms with Gasteiger partial charge in [0.2, 0.25) is 0 Å². The van der Waals surface area contributed by atoms with E-state index in [9.17, 15) is 0 Å². The Morgan fingerprint density at radius 1 is 1.17 bits per heavy atom. The first-order valence-corrected chi connectivity index (χ1v) is 8.30. The van der Waals surface area contributed by atoms with Gasteiger partial charge in [-0.15, -0.1) is 11.3 Å². The van der Waals surface area contributed by atoms with Crippen LogP contribution in [0, 0.1) is 5.92 Å². The summed E-state index contributed by atoms with van der Waals surface area (Å²) in [5.74, 6) is 0.653. The molecule has 1 N–H and O–H groups in total. The lowest BCUT2D eigenvalue weighted by atomic mass is 10.1. The van der Waals surface area contributed by atoms with E-state index in [1.165, 1.54) is 56.2 Å². The fourth-order valence-corrected chi connectivity index (χ4v) is 3.29. The Hall–Kier alpha value is -0.340. The van der Waals surface area contributed by atoms with Crippen molar-refractivity contribution >= 4 is 11.3 Å². The van der Waals surface area contributed by atoms with Gasteiger partial charge in [-0.3, -0.25) is 0 Å². The van der Waals surface area contributed by atoms with Crippen LogP contribution in [0.1, 0.15) is 62.1 Å². The second-order valence-electron chi connectivity index (χ2n) is 5.16. The van der Waals surface area contributed by atoms with Gasteiger partial charge in [0, 0.05) is 16.4 Å². The quantitative estimate of drug-likeness (QED) is 0.811. The molecule has 2 heteroatoms. The molecule has 1 aliphatic carbocycles.